The SMILES string of the molecule is CCC=CC#CCc1ccccc1. The molecule has 0 N–H and O–H groups in total. The van der Waals surface area contributed by atoms with E-state index in [1.807, 2.05) is 24.3 Å². The molecule has 13 heavy (non-hydrogen) atoms. The van der Waals surface area contributed by atoms with Crippen molar-refractivity contribution in [1.29, 1.82) is 0 Å². The van der Waals surface area contributed by atoms with E-state index in [2.05, 4.69) is 37.0 Å². The van der Waals surface area contributed by atoms with Crippen LogP contribution in [0.2, 0.25) is 0 Å². The quantitative estimate of drug-likeness (QED) is 0.598. The van der Waals surface area contributed by atoms with Gasteiger partial charge in [0.25, 0.3) is 0 Å². The highest BCUT2D eigenvalue weighted by molar-refractivity contribution is 5.23. The molecule has 1 rings (SSSR count). The topological polar surface area (TPSA) is 0 Å². The molecule has 1 aromatic carbocycles. The van der Waals surface area contributed by atoms with E-state index in [1.165, 1.54) is 5.56 Å². The minimum absolute atomic E-state index is 0.842. The van der Waals surface area contributed by atoms with Gasteiger partial charge in [-0.3, -0.25) is 0 Å². The first-order chi connectivity index (χ1) is 6.43. The van der Waals surface area contributed by atoms with E-state index in [-0.39, 0.29) is 0 Å². The Labute approximate surface area is 80.3 Å². The first-order valence-electron chi connectivity index (χ1n) is 4.61. The van der Waals surface area contributed by atoms with Crippen LogP contribution < -0.4 is 0 Å². The fraction of sp³-hybridized carbons (Fsp3) is 0.231. The summed E-state index contributed by atoms with van der Waals surface area (Å²) in [5, 5.41) is 0. The molecule has 1 aromatic rings. The lowest BCUT2D eigenvalue weighted by atomic mass is 10.2. The van der Waals surface area contributed by atoms with Crippen LogP contribution in [0.25, 0.3) is 0 Å². The average molecular weight is 170 g/mol. The molecule has 0 aliphatic heterocycles. The van der Waals surface area contributed by atoms with Gasteiger partial charge in [0.2, 0.25) is 0 Å². The van der Waals surface area contributed by atoms with Crippen LogP contribution in [-0.4, -0.2) is 0 Å². The maximum Gasteiger partial charge on any atom is 0.0343 e. The molecule has 0 spiro atoms. The van der Waals surface area contributed by atoms with Gasteiger partial charge in [0.05, 0.1) is 0 Å². The summed E-state index contributed by atoms with van der Waals surface area (Å²) in [4.78, 5) is 0. The van der Waals surface area contributed by atoms with Crippen LogP contribution >= 0.6 is 0 Å². The lowest BCUT2D eigenvalue weighted by Crippen LogP contribution is -1.77. The number of hydrogen-bond donors (Lipinski definition) is 0. The Bertz CT molecular complexity index is 309. The first kappa shape index (κ1) is 9.61. The smallest absolute Gasteiger partial charge is 0.0343 e. The maximum absolute atomic E-state index is 3.10. The zero-order chi connectivity index (χ0) is 9.36. The summed E-state index contributed by atoms with van der Waals surface area (Å²) in [5.41, 5.74) is 1.28. The van der Waals surface area contributed by atoms with Gasteiger partial charge in [-0.05, 0) is 18.1 Å². The molecule has 0 aliphatic rings. The van der Waals surface area contributed by atoms with E-state index in [0.29, 0.717) is 0 Å². The molecular formula is C13H14. The van der Waals surface area contributed by atoms with Gasteiger partial charge in [0.15, 0.2) is 0 Å². The predicted molar refractivity (Wildman–Crippen MR) is 57.4 cm³/mol. The highest BCUT2D eigenvalue weighted by Gasteiger charge is 1.83. The molecule has 0 saturated carbocycles. The van der Waals surface area contributed by atoms with Crippen LogP contribution in [-0.2, 0) is 6.42 Å². The van der Waals surface area contributed by atoms with E-state index in [4.69, 9.17) is 0 Å². The van der Waals surface area contributed by atoms with Crippen LogP contribution in [0.1, 0.15) is 18.9 Å². The van der Waals surface area contributed by atoms with Gasteiger partial charge in [-0.15, -0.1) is 0 Å². The minimum atomic E-state index is 0.842. The molecule has 0 bridgehead atoms. The molecule has 0 fully saturated rings. The van der Waals surface area contributed by atoms with E-state index in [0.717, 1.165) is 12.8 Å². The summed E-state index contributed by atoms with van der Waals surface area (Å²) in [5.74, 6) is 6.10. The third-order valence-electron chi connectivity index (χ3n) is 1.67. The fourth-order valence-electron chi connectivity index (χ4n) is 0.985. The van der Waals surface area contributed by atoms with Crippen molar-refractivity contribution >= 4 is 0 Å². The van der Waals surface area contributed by atoms with Crippen LogP contribution in [0.3, 0.4) is 0 Å². The standard InChI is InChI=1S/C13H14/c1-2-3-4-5-7-10-13-11-8-6-9-12-13/h3-4,6,8-9,11-12H,2,10H2,1H3. The molecule has 0 heteroatoms. The van der Waals surface area contributed by atoms with Gasteiger partial charge in [-0.1, -0.05) is 55.2 Å². The summed E-state index contributed by atoms with van der Waals surface area (Å²) in [6.07, 6.45) is 5.88. The van der Waals surface area contributed by atoms with Crippen LogP contribution in [0, 0.1) is 11.8 Å². The van der Waals surface area contributed by atoms with Crippen molar-refractivity contribution in [3.05, 3.63) is 48.0 Å². The van der Waals surface area contributed by atoms with Gasteiger partial charge >= 0.3 is 0 Å². The Morgan fingerprint density at radius 1 is 1.23 bits per heavy atom. The summed E-state index contributed by atoms with van der Waals surface area (Å²) >= 11 is 0. The molecule has 0 nitrogen and oxygen atoms in total. The second kappa shape index (κ2) is 6.08. The van der Waals surface area contributed by atoms with Crippen molar-refractivity contribution < 1.29 is 0 Å². The zero-order valence-electron chi connectivity index (χ0n) is 7.96. The molecule has 0 unspecified atom stereocenters. The van der Waals surface area contributed by atoms with Gasteiger partial charge in [0, 0.05) is 6.42 Å². The Morgan fingerprint density at radius 2 is 2.00 bits per heavy atom. The Morgan fingerprint density at radius 3 is 2.69 bits per heavy atom. The van der Waals surface area contributed by atoms with Crippen molar-refractivity contribution in [1.82, 2.24) is 0 Å². The van der Waals surface area contributed by atoms with Gasteiger partial charge < -0.3 is 0 Å². The lowest BCUT2D eigenvalue weighted by molar-refractivity contribution is 1.23. The van der Waals surface area contributed by atoms with Crippen molar-refractivity contribution in [2.24, 2.45) is 0 Å². The normalized spacial score (nSPS) is 9.62. The number of benzene rings is 1. The zero-order valence-corrected chi connectivity index (χ0v) is 7.96. The number of hydrogen-bond acceptors (Lipinski definition) is 0. The lowest BCUT2D eigenvalue weighted by Gasteiger charge is -1.90. The van der Waals surface area contributed by atoms with Crippen molar-refractivity contribution in [3.8, 4) is 11.8 Å². The fourth-order valence-corrected chi connectivity index (χ4v) is 0.985. The number of allylic oxidation sites excluding steroid dienone is 2. The predicted octanol–water partition coefficient (Wildman–Crippen LogP) is 3.20. The Hall–Kier alpha value is -1.48. The van der Waals surface area contributed by atoms with Crippen molar-refractivity contribution in [2.75, 3.05) is 0 Å². The molecule has 0 atom stereocenters. The molecule has 0 radical (unpaired) electrons. The monoisotopic (exact) mass is 170 g/mol. The van der Waals surface area contributed by atoms with Gasteiger partial charge in [-0.25, -0.2) is 0 Å². The van der Waals surface area contributed by atoms with Gasteiger partial charge in [-0.2, -0.15) is 0 Å². The maximum atomic E-state index is 3.10. The third-order valence-corrected chi connectivity index (χ3v) is 1.67. The third kappa shape index (κ3) is 4.18. The van der Waals surface area contributed by atoms with Gasteiger partial charge in [0.1, 0.15) is 0 Å². The molecule has 0 amide bonds. The largest absolute Gasteiger partial charge is 0.0937 e. The van der Waals surface area contributed by atoms with E-state index in [9.17, 15) is 0 Å². The Balaban J connectivity index is 2.42. The van der Waals surface area contributed by atoms with E-state index >= 15 is 0 Å². The summed E-state index contributed by atoms with van der Waals surface area (Å²) in [6.45, 7) is 2.11. The minimum Gasteiger partial charge on any atom is -0.0937 e. The molecule has 0 saturated heterocycles. The first-order valence-corrected chi connectivity index (χ1v) is 4.61. The van der Waals surface area contributed by atoms with Crippen molar-refractivity contribution in [3.63, 3.8) is 0 Å². The summed E-state index contributed by atoms with van der Waals surface area (Å²) < 4.78 is 0. The second-order valence-electron chi connectivity index (χ2n) is 2.79. The molecular weight excluding hydrogens is 156 g/mol. The molecule has 0 aliphatic carbocycles. The van der Waals surface area contributed by atoms with E-state index < -0.39 is 0 Å². The van der Waals surface area contributed by atoms with Crippen LogP contribution in [0.4, 0.5) is 0 Å². The molecule has 0 aromatic heterocycles. The Kier molecular flexibility index (Phi) is 4.49. The summed E-state index contributed by atoms with van der Waals surface area (Å²) in [6, 6.07) is 10.3. The second-order valence-corrected chi connectivity index (χ2v) is 2.79. The number of rotatable bonds is 2. The highest BCUT2D eigenvalue weighted by Crippen LogP contribution is 1.97. The van der Waals surface area contributed by atoms with Crippen molar-refractivity contribution in [2.45, 2.75) is 19.8 Å². The molecule has 66 valence electrons. The summed E-state index contributed by atoms with van der Waals surface area (Å²) in [7, 11) is 0. The van der Waals surface area contributed by atoms with Crippen LogP contribution in [0.5, 0.6) is 0 Å². The highest BCUT2D eigenvalue weighted by atomic mass is 13.9. The van der Waals surface area contributed by atoms with Crippen LogP contribution in [0.15, 0.2) is 42.5 Å². The molecule has 0 heterocycles. The van der Waals surface area contributed by atoms with E-state index in [1.54, 1.807) is 0 Å². The average Bonchev–Trinajstić information content (AvgIpc) is 2.19.